The van der Waals surface area contributed by atoms with Crippen LogP contribution >= 0.6 is 35.3 Å². The van der Waals surface area contributed by atoms with Gasteiger partial charge in [0.1, 0.15) is 0 Å². The molecule has 21 heavy (non-hydrogen) atoms. The summed E-state index contributed by atoms with van der Waals surface area (Å²) in [6, 6.07) is 4.83. The van der Waals surface area contributed by atoms with Gasteiger partial charge in [0.15, 0.2) is 5.96 Å². The highest BCUT2D eigenvalue weighted by atomic mass is 127. The van der Waals surface area contributed by atoms with Crippen LogP contribution < -0.4 is 10.6 Å². The Morgan fingerprint density at radius 2 is 2.10 bits per heavy atom. The third kappa shape index (κ3) is 9.31. The quantitative estimate of drug-likeness (QED) is 0.292. The minimum atomic E-state index is 0. The highest BCUT2D eigenvalue weighted by molar-refractivity contribution is 14.0. The van der Waals surface area contributed by atoms with Crippen molar-refractivity contribution in [3.05, 3.63) is 22.4 Å². The molecule has 0 aromatic carbocycles. The van der Waals surface area contributed by atoms with Crippen LogP contribution in [0.5, 0.6) is 0 Å². The zero-order valence-corrected chi connectivity index (χ0v) is 16.7. The van der Waals surface area contributed by atoms with E-state index in [1.807, 2.05) is 7.05 Å². The molecule has 0 aliphatic rings. The van der Waals surface area contributed by atoms with Crippen LogP contribution in [-0.2, 0) is 6.54 Å². The fourth-order valence-corrected chi connectivity index (χ4v) is 2.40. The van der Waals surface area contributed by atoms with Gasteiger partial charge in [0.05, 0.1) is 6.54 Å². The number of rotatable bonds is 8. The first-order valence-electron chi connectivity index (χ1n) is 7.30. The lowest BCUT2D eigenvalue weighted by atomic mass is 10.2. The molecule has 2 N–H and O–H groups in total. The number of thiophene rings is 1. The predicted molar refractivity (Wildman–Crippen MR) is 105 cm³/mol. The van der Waals surface area contributed by atoms with E-state index in [-0.39, 0.29) is 24.0 Å². The van der Waals surface area contributed by atoms with E-state index in [9.17, 15) is 0 Å². The summed E-state index contributed by atoms with van der Waals surface area (Å²) in [4.78, 5) is 7.94. The van der Waals surface area contributed by atoms with Crippen molar-refractivity contribution >= 4 is 41.3 Å². The molecule has 0 aliphatic carbocycles. The molecule has 6 heteroatoms. The topological polar surface area (TPSA) is 39.7 Å². The van der Waals surface area contributed by atoms with Crippen molar-refractivity contribution in [1.82, 2.24) is 15.5 Å². The number of hydrogen-bond donors (Lipinski definition) is 2. The van der Waals surface area contributed by atoms with Gasteiger partial charge in [-0.3, -0.25) is 4.99 Å². The highest BCUT2D eigenvalue weighted by Gasteiger charge is 2.02. The molecular weight excluding hydrogens is 395 g/mol. The second-order valence-electron chi connectivity index (χ2n) is 5.21. The van der Waals surface area contributed by atoms with E-state index in [4.69, 9.17) is 0 Å². The van der Waals surface area contributed by atoms with Gasteiger partial charge in [0, 0.05) is 24.5 Å². The number of nitrogens with zero attached hydrogens (tertiary/aromatic N) is 2. The summed E-state index contributed by atoms with van der Waals surface area (Å²) in [5.74, 6) is 0.885. The Balaban J connectivity index is 0.00000400. The monoisotopic (exact) mass is 424 g/mol. The number of halogens is 1. The number of unbranched alkanes of at least 4 members (excludes halogenated alkanes) is 1. The molecule has 1 aromatic rings. The van der Waals surface area contributed by atoms with Gasteiger partial charge in [0.25, 0.3) is 0 Å². The summed E-state index contributed by atoms with van der Waals surface area (Å²) in [6.07, 6.45) is 2.38. The van der Waals surface area contributed by atoms with Crippen molar-refractivity contribution in [3.63, 3.8) is 0 Å². The van der Waals surface area contributed by atoms with Gasteiger partial charge in [-0.05, 0) is 51.7 Å². The first-order valence-corrected chi connectivity index (χ1v) is 8.18. The van der Waals surface area contributed by atoms with Crippen LogP contribution in [0.4, 0.5) is 0 Å². The summed E-state index contributed by atoms with van der Waals surface area (Å²) < 4.78 is 0. The number of hydrogen-bond acceptors (Lipinski definition) is 3. The summed E-state index contributed by atoms with van der Waals surface area (Å²) in [7, 11) is 4.00. The van der Waals surface area contributed by atoms with Crippen LogP contribution in [0.2, 0.25) is 0 Å². The SMILES string of the molecule is CN=C(NCCCCN(C)C(C)C)NCc1cccs1.I. The van der Waals surface area contributed by atoms with E-state index in [0.717, 1.165) is 32.0 Å². The molecule has 0 bridgehead atoms. The summed E-state index contributed by atoms with van der Waals surface area (Å²) >= 11 is 1.76. The molecule has 0 saturated heterocycles. The number of aliphatic imine (C=N–C) groups is 1. The van der Waals surface area contributed by atoms with Crippen molar-refractivity contribution in [2.24, 2.45) is 4.99 Å². The van der Waals surface area contributed by atoms with Gasteiger partial charge in [-0.2, -0.15) is 0 Å². The second-order valence-corrected chi connectivity index (χ2v) is 6.25. The zero-order chi connectivity index (χ0) is 14.8. The average molecular weight is 424 g/mol. The van der Waals surface area contributed by atoms with Gasteiger partial charge in [-0.1, -0.05) is 6.07 Å². The summed E-state index contributed by atoms with van der Waals surface area (Å²) in [6.45, 7) is 7.42. The Bertz CT molecular complexity index is 379. The van der Waals surface area contributed by atoms with Crippen molar-refractivity contribution in [2.45, 2.75) is 39.3 Å². The molecule has 0 amide bonds. The van der Waals surface area contributed by atoms with Crippen LogP contribution in [0.15, 0.2) is 22.5 Å². The van der Waals surface area contributed by atoms with Crippen molar-refractivity contribution in [2.75, 3.05) is 27.2 Å². The molecule has 1 heterocycles. The normalized spacial score (nSPS) is 11.6. The smallest absolute Gasteiger partial charge is 0.191 e. The minimum absolute atomic E-state index is 0. The lowest BCUT2D eigenvalue weighted by Gasteiger charge is -2.20. The van der Waals surface area contributed by atoms with Gasteiger partial charge < -0.3 is 15.5 Å². The molecular formula is C15H29IN4S. The highest BCUT2D eigenvalue weighted by Crippen LogP contribution is 2.07. The molecule has 1 aromatic heterocycles. The molecule has 0 fully saturated rings. The van der Waals surface area contributed by atoms with E-state index in [2.05, 4.69) is 58.9 Å². The Morgan fingerprint density at radius 3 is 2.67 bits per heavy atom. The third-order valence-corrected chi connectivity index (χ3v) is 4.22. The summed E-state index contributed by atoms with van der Waals surface area (Å²) in [5.41, 5.74) is 0. The Morgan fingerprint density at radius 1 is 1.33 bits per heavy atom. The molecule has 0 radical (unpaired) electrons. The first-order chi connectivity index (χ1) is 9.63. The maximum atomic E-state index is 4.24. The van der Waals surface area contributed by atoms with E-state index in [1.165, 1.54) is 11.3 Å². The van der Waals surface area contributed by atoms with Crippen LogP contribution in [0, 0.1) is 0 Å². The molecule has 0 spiro atoms. The molecule has 0 unspecified atom stereocenters. The van der Waals surface area contributed by atoms with Gasteiger partial charge in [-0.15, -0.1) is 35.3 Å². The van der Waals surface area contributed by atoms with E-state index < -0.39 is 0 Å². The zero-order valence-electron chi connectivity index (χ0n) is 13.6. The molecule has 1 rings (SSSR count). The minimum Gasteiger partial charge on any atom is -0.356 e. The molecule has 0 saturated carbocycles. The number of nitrogens with one attached hydrogen (secondary N) is 2. The van der Waals surface area contributed by atoms with Crippen LogP contribution in [0.3, 0.4) is 0 Å². The number of guanidine groups is 1. The molecule has 0 aliphatic heterocycles. The third-order valence-electron chi connectivity index (χ3n) is 3.35. The van der Waals surface area contributed by atoms with Gasteiger partial charge in [0.2, 0.25) is 0 Å². The maximum Gasteiger partial charge on any atom is 0.191 e. The second kappa shape index (κ2) is 12.2. The lowest BCUT2D eigenvalue weighted by Crippen LogP contribution is -2.37. The predicted octanol–water partition coefficient (Wildman–Crippen LogP) is 3.15. The fourth-order valence-electron chi connectivity index (χ4n) is 1.76. The van der Waals surface area contributed by atoms with E-state index in [0.29, 0.717) is 6.04 Å². The van der Waals surface area contributed by atoms with Crippen LogP contribution in [-0.4, -0.2) is 44.1 Å². The fraction of sp³-hybridized carbons (Fsp3) is 0.667. The van der Waals surface area contributed by atoms with Gasteiger partial charge in [-0.25, -0.2) is 0 Å². The van der Waals surface area contributed by atoms with Crippen molar-refractivity contribution < 1.29 is 0 Å². The van der Waals surface area contributed by atoms with E-state index >= 15 is 0 Å². The lowest BCUT2D eigenvalue weighted by molar-refractivity contribution is 0.268. The van der Waals surface area contributed by atoms with Crippen LogP contribution in [0.1, 0.15) is 31.6 Å². The summed E-state index contributed by atoms with van der Waals surface area (Å²) in [5, 5.41) is 8.78. The Labute approximate surface area is 150 Å². The Kier molecular flexibility index (Phi) is 12.0. The van der Waals surface area contributed by atoms with Gasteiger partial charge >= 0.3 is 0 Å². The van der Waals surface area contributed by atoms with Crippen molar-refractivity contribution in [3.8, 4) is 0 Å². The maximum absolute atomic E-state index is 4.24. The van der Waals surface area contributed by atoms with E-state index in [1.54, 1.807) is 11.3 Å². The average Bonchev–Trinajstić information content (AvgIpc) is 2.94. The molecule has 4 nitrogen and oxygen atoms in total. The largest absolute Gasteiger partial charge is 0.356 e. The first kappa shape index (κ1) is 20.7. The molecule has 122 valence electrons. The molecule has 0 atom stereocenters. The Hall–Kier alpha value is -0.340. The standard InChI is InChI=1S/C15H28N4S.HI/c1-13(2)19(4)10-6-5-9-17-15(16-3)18-12-14-8-7-11-20-14;/h7-8,11,13H,5-6,9-10,12H2,1-4H3,(H2,16,17,18);1H. The van der Waals surface area contributed by atoms with Crippen LogP contribution in [0.25, 0.3) is 0 Å². The van der Waals surface area contributed by atoms with Crippen molar-refractivity contribution in [1.29, 1.82) is 0 Å².